The fourth-order valence-corrected chi connectivity index (χ4v) is 1.75. The third-order valence-electron chi connectivity index (χ3n) is 2.21. The van der Waals surface area contributed by atoms with E-state index in [0.717, 1.165) is 5.69 Å². The quantitative estimate of drug-likeness (QED) is 0.919. The number of rotatable bonds is 2. The van der Waals surface area contributed by atoms with Gasteiger partial charge < -0.3 is 5.32 Å². The highest BCUT2D eigenvalue weighted by Crippen LogP contribution is 2.25. The number of nitrogens with zero attached hydrogens (tertiary/aromatic N) is 2. The molecule has 18 heavy (non-hydrogen) atoms. The second-order valence-corrected chi connectivity index (χ2v) is 4.48. The van der Waals surface area contributed by atoms with Crippen molar-refractivity contribution in [1.29, 1.82) is 0 Å². The molecule has 0 saturated carbocycles. The lowest BCUT2D eigenvalue weighted by Crippen LogP contribution is -2.14. The Morgan fingerprint density at radius 2 is 1.94 bits per heavy atom. The number of nitrogens with one attached hydrogen (secondary N) is 1. The Kier molecular flexibility index (Phi) is 3.79. The molecule has 1 N–H and O–H groups in total. The molecule has 2 aromatic rings. The molecule has 6 heteroatoms. The highest BCUT2D eigenvalue weighted by Gasteiger charge is 2.10. The number of aryl methyl sites for hydroxylation is 1. The summed E-state index contributed by atoms with van der Waals surface area (Å²) >= 11 is 11.7. The van der Waals surface area contributed by atoms with Gasteiger partial charge in [-0.1, -0.05) is 23.2 Å². The molecule has 4 nitrogen and oxygen atoms in total. The third kappa shape index (κ3) is 2.97. The minimum absolute atomic E-state index is 0.228. The Balaban J connectivity index is 2.18. The van der Waals surface area contributed by atoms with Gasteiger partial charge in [0.25, 0.3) is 5.91 Å². The summed E-state index contributed by atoms with van der Waals surface area (Å²) in [5.74, 6) is -0.369. The van der Waals surface area contributed by atoms with Crippen LogP contribution >= 0.6 is 23.2 Å². The van der Waals surface area contributed by atoms with Crippen molar-refractivity contribution in [3.63, 3.8) is 0 Å². The number of carbonyl (C=O) groups excluding carboxylic acids is 1. The molecule has 0 aliphatic carbocycles. The van der Waals surface area contributed by atoms with Gasteiger partial charge in [-0.2, -0.15) is 5.10 Å². The molecule has 2 rings (SSSR count). The molecule has 1 aromatic heterocycles. The van der Waals surface area contributed by atoms with Crippen molar-refractivity contribution in [3.05, 3.63) is 51.8 Å². The van der Waals surface area contributed by atoms with Crippen LogP contribution in [0, 0.1) is 6.92 Å². The van der Waals surface area contributed by atoms with Crippen LogP contribution in [0.25, 0.3) is 0 Å². The van der Waals surface area contributed by atoms with Crippen LogP contribution in [0.15, 0.2) is 30.3 Å². The Morgan fingerprint density at radius 1 is 1.17 bits per heavy atom. The first-order valence-corrected chi connectivity index (χ1v) is 5.88. The molecule has 1 heterocycles. The van der Waals surface area contributed by atoms with Crippen LogP contribution in [0.1, 0.15) is 16.2 Å². The second kappa shape index (κ2) is 5.33. The number of amides is 1. The Bertz CT molecular complexity index is 584. The molecule has 0 fully saturated rings. The van der Waals surface area contributed by atoms with Crippen LogP contribution in [-0.2, 0) is 0 Å². The fraction of sp³-hybridized carbons (Fsp3) is 0.0833. The number of hydrogen-bond donors (Lipinski definition) is 1. The number of benzene rings is 1. The van der Waals surface area contributed by atoms with Gasteiger partial charge in [-0.3, -0.25) is 4.79 Å². The van der Waals surface area contributed by atoms with Crippen LogP contribution in [0.4, 0.5) is 5.69 Å². The second-order valence-electron chi connectivity index (χ2n) is 3.64. The van der Waals surface area contributed by atoms with Gasteiger partial charge in [0, 0.05) is 5.02 Å². The predicted octanol–water partition coefficient (Wildman–Crippen LogP) is 3.34. The average molecular weight is 282 g/mol. The van der Waals surface area contributed by atoms with Gasteiger partial charge in [-0.05, 0) is 37.3 Å². The van der Waals surface area contributed by atoms with Gasteiger partial charge in [0.15, 0.2) is 5.69 Å². The highest BCUT2D eigenvalue weighted by atomic mass is 35.5. The van der Waals surface area contributed by atoms with Crippen molar-refractivity contribution in [1.82, 2.24) is 10.2 Å². The number of halogens is 2. The molecule has 1 amide bonds. The van der Waals surface area contributed by atoms with E-state index >= 15 is 0 Å². The first kappa shape index (κ1) is 12.8. The summed E-state index contributed by atoms with van der Waals surface area (Å²) in [6.07, 6.45) is 0. The van der Waals surface area contributed by atoms with Gasteiger partial charge in [0.05, 0.1) is 16.4 Å². The molecule has 0 bridgehead atoms. The number of carbonyl (C=O) groups is 1. The number of anilines is 1. The van der Waals surface area contributed by atoms with Crippen molar-refractivity contribution in [3.8, 4) is 0 Å². The van der Waals surface area contributed by atoms with Crippen molar-refractivity contribution in [2.75, 3.05) is 5.32 Å². The predicted molar refractivity (Wildman–Crippen MR) is 71.2 cm³/mol. The highest BCUT2D eigenvalue weighted by molar-refractivity contribution is 6.36. The van der Waals surface area contributed by atoms with Crippen molar-refractivity contribution >= 4 is 34.8 Å². The zero-order chi connectivity index (χ0) is 13.1. The van der Waals surface area contributed by atoms with Crippen LogP contribution in [0.5, 0.6) is 0 Å². The molecule has 0 aliphatic heterocycles. The monoisotopic (exact) mass is 281 g/mol. The van der Waals surface area contributed by atoms with Crippen LogP contribution in [0.3, 0.4) is 0 Å². The van der Waals surface area contributed by atoms with Gasteiger partial charge in [0.1, 0.15) is 0 Å². The molecular weight excluding hydrogens is 273 g/mol. The number of hydrogen-bond acceptors (Lipinski definition) is 3. The molecular formula is C12H9Cl2N3O. The van der Waals surface area contributed by atoms with E-state index in [2.05, 4.69) is 15.5 Å². The Labute approximate surface area is 114 Å². The van der Waals surface area contributed by atoms with E-state index < -0.39 is 0 Å². The summed E-state index contributed by atoms with van der Waals surface area (Å²) in [7, 11) is 0. The molecule has 0 aliphatic rings. The standard InChI is InChI=1S/C12H9Cl2N3O/c1-7-2-4-11(17-16-7)12(18)15-10-5-3-8(13)6-9(10)14/h2-6H,1H3,(H,15,18). The normalized spacial score (nSPS) is 10.2. The maximum absolute atomic E-state index is 11.9. The summed E-state index contributed by atoms with van der Waals surface area (Å²) < 4.78 is 0. The third-order valence-corrected chi connectivity index (χ3v) is 2.76. The van der Waals surface area contributed by atoms with E-state index in [1.807, 2.05) is 0 Å². The molecule has 1 aromatic carbocycles. The average Bonchev–Trinajstić information content (AvgIpc) is 2.33. The largest absolute Gasteiger partial charge is 0.319 e. The minimum atomic E-state index is -0.369. The van der Waals surface area contributed by atoms with Crippen LogP contribution < -0.4 is 5.32 Å². The topological polar surface area (TPSA) is 54.9 Å². The first-order valence-electron chi connectivity index (χ1n) is 5.13. The van der Waals surface area contributed by atoms with Gasteiger partial charge >= 0.3 is 0 Å². The summed E-state index contributed by atoms with van der Waals surface area (Å²) in [6.45, 7) is 1.80. The summed E-state index contributed by atoms with van der Waals surface area (Å²) in [5.41, 5.74) is 1.45. The Hall–Kier alpha value is -1.65. The molecule has 0 saturated heterocycles. The van der Waals surface area contributed by atoms with E-state index in [-0.39, 0.29) is 11.6 Å². The lowest BCUT2D eigenvalue weighted by Gasteiger charge is -2.06. The van der Waals surface area contributed by atoms with E-state index in [1.54, 1.807) is 37.3 Å². The molecule has 0 radical (unpaired) electrons. The lowest BCUT2D eigenvalue weighted by molar-refractivity contribution is 0.102. The first-order chi connectivity index (χ1) is 8.56. The van der Waals surface area contributed by atoms with Crippen LogP contribution in [-0.4, -0.2) is 16.1 Å². The van der Waals surface area contributed by atoms with Crippen molar-refractivity contribution in [2.24, 2.45) is 0 Å². The van der Waals surface area contributed by atoms with E-state index in [1.165, 1.54) is 0 Å². The Morgan fingerprint density at radius 3 is 2.56 bits per heavy atom. The van der Waals surface area contributed by atoms with E-state index in [0.29, 0.717) is 15.7 Å². The van der Waals surface area contributed by atoms with Crippen molar-refractivity contribution < 1.29 is 4.79 Å². The molecule has 92 valence electrons. The summed E-state index contributed by atoms with van der Waals surface area (Å²) in [6, 6.07) is 8.14. The smallest absolute Gasteiger partial charge is 0.276 e. The lowest BCUT2D eigenvalue weighted by atomic mass is 10.3. The van der Waals surface area contributed by atoms with Gasteiger partial charge in [-0.15, -0.1) is 5.10 Å². The van der Waals surface area contributed by atoms with Gasteiger partial charge in [0.2, 0.25) is 0 Å². The van der Waals surface area contributed by atoms with Crippen molar-refractivity contribution in [2.45, 2.75) is 6.92 Å². The van der Waals surface area contributed by atoms with E-state index in [9.17, 15) is 4.79 Å². The van der Waals surface area contributed by atoms with Gasteiger partial charge in [-0.25, -0.2) is 0 Å². The maximum atomic E-state index is 11.9. The zero-order valence-corrected chi connectivity index (χ0v) is 11.0. The fourth-order valence-electron chi connectivity index (χ4n) is 1.30. The zero-order valence-electron chi connectivity index (χ0n) is 9.45. The maximum Gasteiger partial charge on any atom is 0.276 e. The summed E-state index contributed by atoms with van der Waals surface area (Å²) in [5, 5.41) is 11.1. The SMILES string of the molecule is Cc1ccc(C(=O)Nc2ccc(Cl)cc2Cl)nn1. The minimum Gasteiger partial charge on any atom is -0.319 e. The molecule has 0 atom stereocenters. The summed E-state index contributed by atoms with van der Waals surface area (Å²) in [4.78, 5) is 11.9. The van der Waals surface area contributed by atoms with Crippen LogP contribution in [0.2, 0.25) is 10.0 Å². The number of aromatic nitrogens is 2. The molecule has 0 unspecified atom stereocenters. The van der Waals surface area contributed by atoms with E-state index in [4.69, 9.17) is 23.2 Å². The molecule has 0 spiro atoms.